The first-order valence-electron chi connectivity index (χ1n) is 8.20. The Kier molecular flexibility index (Phi) is 5.18. The monoisotopic (exact) mass is 358 g/mol. The Balaban J connectivity index is 1.79. The molecule has 7 heteroatoms. The molecule has 0 aliphatic carbocycles. The number of carbonyl (C=O) groups excluding carboxylic acids is 2. The third-order valence-corrected chi connectivity index (χ3v) is 4.14. The highest BCUT2D eigenvalue weighted by atomic mass is 19.1. The van der Waals surface area contributed by atoms with Crippen LogP contribution in [0.25, 0.3) is 11.1 Å². The first-order valence-corrected chi connectivity index (χ1v) is 8.20. The molecule has 0 radical (unpaired) electrons. The maximum Gasteiger partial charge on any atom is 0.414 e. The van der Waals surface area contributed by atoms with Crippen molar-refractivity contribution in [2.75, 3.05) is 18.0 Å². The predicted molar refractivity (Wildman–Crippen MR) is 94.1 cm³/mol. The van der Waals surface area contributed by atoms with E-state index in [9.17, 15) is 19.1 Å². The molecule has 3 rings (SSSR count). The summed E-state index contributed by atoms with van der Waals surface area (Å²) >= 11 is 0. The van der Waals surface area contributed by atoms with E-state index in [2.05, 4.69) is 5.32 Å². The van der Waals surface area contributed by atoms with Gasteiger partial charge in [0.05, 0.1) is 25.4 Å². The Morgan fingerprint density at radius 3 is 2.85 bits per heavy atom. The zero-order valence-corrected chi connectivity index (χ0v) is 14.2. The van der Waals surface area contributed by atoms with E-state index in [0.29, 0.717) is 22.4 Å². The number of hydrogen-bond acceptors (Lipinski definition) is 4. The summed E-state index contributed by atoms with van der Waals surface area (Å²) in [6, 6.07) is 11.5. The average molecular weight is 358 g/mol. The van der Waals surface area contributed by atoms with Gasteiger partial charge in [-0.2, -0.15) is 0 Å². The lowest BCUT2D eigenvalue weighted by molar-refractivity contribution is -0.119. The molecular weight excluding hydrogens is 339 g/mol. The number of anilines is 1. The number of carbonyl (C=O) groups is 2. The van der Waals surface area contributed by atoms with Crippen LogP contribution in [0.3, 0.4) is 0 Å². The second kappa shape index (κ2) is 7.53. The van der Waals surface area contributed by atoms with Crippen molar-refractivity contribution in [3.63, 3.8) is 0 Å². The minimum Gasteiger partial charge on any atom is -0.442 e. The van der Waals surface area contributed by atoms with E-state index in [-0.39, 0.29) is 25.6 Å². The van der Waals surface area contributed by atoms with E-state index in [4.69, 9.17) is 4.74 Å². The fraction of sp³-hybridized carbons (Fsp3) is 0.263. The number of aliphatic hydroxyl groups is 1. The Hall–Kier alpha value is -2.93. The molecule has 0 saturated carbocycles. The van der Waals surface area contributed by atoms with Gasteiger partial charge in [-0.05, 0) is 35.4 Å². The molecule has 136 valence electrons. The van der Waals surface area contributed by atoms with E-state index in [1.165, 1.54) is 17.9 Å². The molecule has 1 saturated heterocycles. The van der Waals surface area contributed by atoms with Crippen LogP contribution >= 0.6 is 0 Å². The fourth-order valence-corrected chi connectivity index (χ4v) is 2.84. The normalized spacial score (nSPS) is 16.5. The maximum absolute atomic E-state index is 14.6. The van der Waals surface area contributed by atoms with Crippen LogP contribution in [-0.2, 0) is 16.1 Å². The van der Waals surface area contributed by atoms with Crippen LogP contribution in [0.2, 0.25) is 0 Å². The summed E-state index contributed by atoms with van der Waals surface area (Å²) in [6.45, 7) is 1.71. The minimum atomic E-state index is -0.574. The Morgan fingerprint density at radius 2 is 2.15 bits per heavy atom. The molecule has 2 N–H and O–H groups in total. The van der Waals surface area contributed by atoms with Crippen LogP contribution in [0.1, 0.15) is 12.5 Å². The lowest BCUT2D eigenvalue weighted by Crippen LogP contribution is -2.33. The van der Waals surface area contributed by atoms with Gasteiger partial charge >= 0.3 is 6.09 Å². The molecule has 2 aromatic rings. The average Bonchev–Trinajstić information content (AvgIpc) is 3.00. The molecule has 6 nitrogen and oxygen atoms in total. The van der Waals surface area contributed by atoms with Gasteiger partial charge in [-0.1, -0.05) is 18.2 Å². The summed E-state index contributed by atoms with van der Waals surface area (Å²) in [4.78, 5) is 24.3. The lowest BCUT2D eigenvalue weighted by Gasteiger charge is -2.15. The summed E-state index contributed by atoms with van der Waals surface area (Å²) in [5.74, 6) is -0.685. The fourth-order valence-electron chi connectivity index (χ4n) is 2.84. The number of amides is 2. The molecule has 1 atom stereocenters. The van der Waals surface area contributed by atoms with Crippen LogP contribution in [0.5, 0.6) is 0 Å². The molecule has 0 aromatic heterocycles. The summed E-state index contributed by atoms with van der Waals surface area (Å²) < 4.78 is 19.8. The highest BCUT2D eigenvalue weighted by Crippen LogP contribution is 2.29. The molecule has 26 heavy (non-hydrogen) atoms. The predicted octanol–water partition coefficient (Wildman–Crippen LogP) is 2.45. The van der Waals surface area contributed by atoms with Crippen molar-refractivity contribution in [3.05, 3.63) is 53.8 Å². The van der Waals surface area contributed by atoms with Gasteiger partial charge in [0.15, 0.2) is 0 Å². The number of cyclic esters (lactones) is 1. The number of ether oxygens (including phenoxy) is 1. The van der Waals surface area contributed by atoms with Crippen molar-refractivity contribution in [1.82, 2.24) is 5.32 Å². The van der Waals surface area contributed by atoms with Crippen molar-refractivity contribution in [1.29, 1.82) is 0 Å². The van der Waals surface area contributed by atoms with Crippen LogP contribution in [-0.4, -0.2) is 36.3 Å². The quantitative estimate of drug-likeness (QED) is 0.861. The Bertz CT molecular complexity index is 840. The molecule has 1 aliphatic rings. The van der Waals surface area contributed by atoms with E-state index < -0.39 is 18.0 Å². The van der Waals surface area contributed by atoms with Gasteiger partial charge in [-0.25, -0.2) is 9.18 Å². The van der Waals surface area contributed by atoms with Gasteiger partial charge in [0.2, 0.25) is 5.91 Å². The van der Waals surface area contributed by atoms with Gasteiger partial charge in [-0.15, -0.1) is 0 Å². The molecule has 1 unspecified atom stereocenters. The highest BCUT2D eigenvalue weighted by molar-refractivity contribution is 5.90. The first kappa shape index (κ1) is 17.9. The molecule has 1 fully saturated rings. The maximum atomic E-state index is 14.6. The molecule has 2 aromatic carbocycles. The number of benzene rings is 2. The zero-order valence-electron chi connectivity index (χ0n) is 14.2. The molecule has 1 aliphatic heterocycles. The number of rotatable bonds is 5. The SMILES string of the molecule is CC(=O)NCC1CN(c2ccc(-c3cccc(CO)c3)c(F)c2)C(=O)O1. The van der Waals surface area contributed by atoms with Crippen LogP contribution in [0.15, 0.2) is 42.5 Å². The number of aliphatic hydroxyl groups excluding tert-OH is 1. The smallest absolute Gasteiger partial charge is 0.414 e. The largest absolute Gasteiger partial charge is 0.442 e. The van der Waals surface area contributed by atoms with Crippen LogP contribution < -0.4 is 10.2 Å². The third kappa shape index (κ3) is 3.83. The molecule has 1 heterocycles. The number of hydrogen-bond donors (Lipinski definition) is 2. The highest BCUT2D eigenvalue weighted by Gasteiger charge is 2.32. The number of nitrogens with zero attached hydrogens (tertiary/aromatic N) is 1. The molecule has 0 bridgehead atoms. The van der Waals surface area contributed by atoms with Crippen molar-refractivity contribution in [2.24, 2.45) is 0 Å². The molecular formula is C19H19FN2O4. The van der Waals surface area contributed by atoms with Crippen molar-refractivity contribution in [2.45, 2.75) is 19.6 Å². The van der Waals surface area contributed by atoms with Crippen LogP contribution in [0.4, 0.5) is 14.9 Å². The van der Waals surface area contributed by atoms with Crippen molar-refractivity contribution < 1.29 is 23.8 Å². The second-order valence-corrected chi connectivity index (χ2v) is 6.08. The summed E-state index contributed by atoms with van der Waals surface area (Å²) in [5, 5.41) is 11.8. The van der Waals surface area contributed by atoms with Gasteiger partial charge in [0, 0.05) is 12.5 Å². The third-order valence-electron chi connectivity index (χ3n) is 4.14. The second-order valence-electron chi connectivity index (χ2n) is 6.08. The van der Waals surface area contributed by atoms with Gasteiger partial charge < -0.3 is 15.2 Å². The number of nitrogens with one attached hydrogen (secondary N) is 1. The van der Waals surface area contributed by atoms with E-state index in [1.54, 1.807) is 36.4 Å². The minimum absolute atomic E-state index is 0.122. The molecule has 2 amide bonds. The van der Waals surface area contributed by atoms with Gasteiger partial charge in [0.25, 0.3) is 0 Å². The number of halogens is 1. The Labute approximate surface area is 150 Å². The van der Waals surface area contributed by atoms with Crippen LogP contribution in [0, 0.1) is 5.82 Å². The van der Waals surface area contributed by atoms with E-state index in [0.717, 1.165) is 0 Å². The zero-order chi connectivity index (χ0) is 18.7. The summed E-state index contributed by atoms with van der Waals surface area (Å²) in [5.41, 5.74) is 2.11. The summed E-state index contributed by atoms with van der Waals surface area (Å²) in [7, 11) is 0. The standard InChI is InChI=1S/C19H19FN2O4/c1-12(24)21-9-16-10-22(19(25)26-16)15-5-6-17(18(20)8-15)14-4-2-3-13(7-14)11-23/h2-8,16,23H,9-11H2,1H3,(H,21,24). The van der Waals surface area contributed by atoms with Gasteiger partial charge in [-0.3, -0.25) is 9.69 Å². The topological polar surface area (TPSA) is 78.9 Å². The summed E-state index contributed by atoms with van der Waals surface area (Å²) in [6.07, 6.45) is -1.05. The van der Waals surface area contributed by atoms with Crippen molar-refractivity contribution in [3.8, 4) is 11.1 Å². The Morgan fingerprint density at radius 1 is 1.35 bits per heavy atom. The van der Waals surface area contributed by atoms with E-state index in [1.807, 2.05) is 0 Å². The molecule has 0 spiro atoms. The van der Waals surface area contributed by atoms with E-state index >= 15 is 0 Å². The van der Waals surface area contributed by atoms with Crippen molar-refractivity contribution >= 4 is 17.7 Å². The lowest BCUT2D eigenvalue weighted by atomic mass is 10.0. The van der Waals surface area contributed by atoms with Gasteiger partial charge in [0.1, 0.15) is 11.9 Å². The first-order chi connectivity index (χ1) is 12.5.